The number of hydrogen-bond acceptors (Lipinski definition) is 4. The van der Waals surface area contributed by atoms with Gasteiger partial charge in [0.1, 0.15) is 5.65 Å². The maximum atomic E-state index is 12.3. The molecule has 6 nitrogen and oxygen atoms in total. The van der Waals surface area contributed by atoms with Crippen LogP contribution in [0.5, 0.6) is 0 Å². The third-order valence-corrected chi connectivity index (χ3v) is 5.46. The van der Waals surface area contributed by atoms with Crippen LogP contribution in [0.25, 0.3) is 5.65 Å². The lowest BCUT2D eigenvalue weighted by molar-refractivity contribution is 0.0950. The summed E-state index contributed by atoms with van der Waals surface area (Å²) in [6.45, 7) is -0.0214. The molecule has 124 valence electrons. The van der Waals surface area contributed by atoms with E-state index in [4.69, 9.17) is 11.6 Å². The molecule has 1 aromatic carbocycles. The smallest absolute Gasteiger partial charge is 0.271 e. The molecule has 8 heteroatoms. The van der Waals surface area contributed by atoms with Crippen molar-refractivity contribution in [3.8, 4) is 0 Å². The lowest BCUT2D eigenvalue weighted by Gasteiger charge is -2.07. The Morgan fingerprint density at radius 2 is 1.83 bits per heavy atom. The number of rotatable bonds is 5. The topological polar surface area (TPSA) is 80.5 Å². The van der Waals surface area contributed by atoms with Crippen molar-refractivity contribution in [3.63, 3.8) is 0 Å². The molecule has 1 amide bonds. The lowest BCUT2D eigenvalue weighted by Crippen LogP contribution is -2.30. The van der Waals surface area contributed by atoms with Gasteiger partial charge >= 0.3 is 0 Å². The second-order valence-corrected chi connectivity index (χ2v) is 7.54. The number of sulfone groups is 1. The number of nitrogens with zero attached hydrogens (tertiary/aromatic N) is 2. The van der Waals surface area contributed by atoms with Gasteiger partial charge in [0, 0.05) is 12.7 Å². The van der Waals surface area contributed by atoms with Crippen molar-refractivity contribution in [2.75, 3.05) is 12.3 Å². The van der Waals surface area contributed by atoms with Gasteiger partial charge in [-0.3, -0.25) is 9.20 Å². The first-order valence-electron chi connectivity index (χ1n) is 7.17. The highest BCUT2D eigenvalue weighted by molar-refractivity contribution is 7.91. The third-order valence-electron chi connectivity index (χ3n) is 3.46. The van der Waals surface area contributed by atoms with Crippen LogP contribution < -0.4 is 5.32 Å². The standard InChI is InChI=1S/C16H14ClN3O3S/c17-15-14(20-10-5-4-8-13(20)19-15)16(21)18-9-11-24(22,23)12-6-2-1-3-7-12/h1-8,10H,9,11H2,(H,18,21). The zero-order valence-electron chi connectivity index (χ0n) is 12.5. The summed E-state index contributed by atoms with van der Waals surface area (Å²) in [6, 6.07) is 13.4. The number of hydrogen-bond donors (Lipinski definition) is 1. The molecule has 3 rings (SSSR count). The largest absolute Gasteiger partial charge is 0.350 e. The van der Waals surface area contributed by atoms with Crippen molar-refractivity contribution in [3.05, 3.63) is 65.6 Å². The van der Waals surface area contributed by atoms with Gasteiger partial charge in [-0.2, -0.15) is 0 Å². The average molecular weight is 364 g/mol. The van der Waals surface area contributed by atoms with Crippen LogP contribution in [0.3, 0.4) is 0 Å². The van der Waals surface area contributed by atoms with E-state index < -0.39 is 15.7 Å². The highest BCUT2D eigenvalue weighted by Crippen LogP contribution is 2.17. The number of halogens is 1. The van der Waals surface area contributed by atoms with Gasteiger partial charge in [0.05, 0.1) is 10.6 Å². The SMILES string of the molecule is O=C(NCCS(=O)(=O)c1ccccc1)c1c(Cl)nc2ccccn12. The van der Waals surface area contributed by atoms with Crippen LogP contribution in [-0.2, 0) is 9.84 Å². The molecule has 2 aromatic heterocycles. The number of fused-ring (bicyclic) bond motifs is 1. The first-order valence-corrected chi connectivity index (χ1v) is 9.21. The summed E-state index contributed by atoms with van der Waals surface area (Å²) in [5.74, 6) is -0.668. The second kappa shape index (κ2) is 6.62. The van der Waals surface area contributed by atoms with Gasteiger partial charge in [-0.05, 0) is 24.3 Å². The second-order valence-electron chi connectivity index (χ2n) is 5.07. The Balaban J connectivity index is 1.71. The minimum absolute atomic E-state index is 0.0214. The average Bonchev–Trinajstić information content (AvgIpc) is 2.91. The zero-order valence-corrected chi connectivity index (χ0v) is 14.1. The van der Waals surface area contributed by atoms with E-state index in [1.165, 1.54) is 12.1 Å². The molecule has 0 radical (unpaired) electrons. The van der Waals surface area contributed by atoms with Crippen LogP contribution in [0, 0.1) is 0 Å². The predicted molar refractivity (Wildman–Crippen MR) is 91.0 cm³/mol. The molecule has 24 heavy (non-hydrogen) atoms. The lowest BCUT2D eigenvalue weighted by atomic mass is 10.4. The van der Waals surface area contributed by atoms with Crippen molar-refractivity contribution in [2.45, 2.75) is 4.90 Å². The fourth-order valence-corrected chi connectivity index (χ4v) is 3.74. The van der Waals surface area contributed by atoms with Crippen LogP contribution in [0.1, 0.15) is 10.5 Å². The maximum absolute atomic E-state index is 12.3. The summed E-state index contributed by atoms with van der Waals surface area (Å²) in [5.41, 5.74) is 0.730. The van der Waals surface area contributed by atoms with Crippen LogP contribution in [0.15, 0.2) is 59.6 Å². The van der Waals surface area contributed by atoms with Crippen molar-refractivity contribution in [1.82, 2.24) is 14.7 Å². The van der Waals surface area contributed by atoms with Gasteiger partial charge in [-0.1, -0.05) is 35.9 Å². The van der Waals surface area contributed by atoms with Crippen LogP contribution in [0.2, 0.25) is 5.15 Å². The Labute approximate surface area is 144 Å². The highest BCUT2D eigenvalue weighted by atomic mass is 35.5. The Kier molecular flexibility index (Phi) is 4.55. The molecule has 1 N–H and O–H groups in total. The summed E-state index contributed by atoms with van der Waals surface area (Å²) in [7, 11) is -3.45. The predicted octanol–water partition coefficient (Wildman–Crippen LogP) is 2.19. The first kappa shape index (κ1) is 16.5. The minimum atomic E-state index is -3.45. The van der Waals surface area contributed by atoms with E-state index in [0.29, 0.717) is 5.65 Å². The monoisotopic (exact) mass is 363 g/mol. The zero-order chi connectivity index (χ0) is 17.2. The molecule has 0 unspecified atom stereocenters. The van der Waals surface area contributed by atoms with Gasteiger partial charge in [-0.25, -0.2) is 13.4 Å². The number of pyridine rings is 1. The van der Waals surface area contributed by atoms with Gasteiger partial charge in [0.2, 0.25) is 0 Å². The summed E-state index contributed by atoms with van der Waals surface area (Å²) in [5, 5.41) is 2.65. The van der Waals surface area contributed by atoms with Gasteiger partial charge in [-0.15, -0.1) is 0 Å². The molecule has 0 aliphatic rings. The Hall–Kier alpha value is -2.38. The number of aromatic nitrogens is 2. The van der Waals surface area contributed by atoms with E-state index in [0.717, 1.165) is 0 Å². The third kappa shape index (κ3) is 3.27. The number of imidazole rings is 1. The van der Waals surface area contributed by atoms with Crippen LogP contribution >= 0.6 is 11.6 Å². The van der Waals surface area contributed by atoms with Crippen molar-refractivity contribution in [1.29, 1.82) is 0 Å². The maximum Gasteiger partial charge on any atom is 0.271 e. The van der Waals surface area contributed by atoms with E-state index in [1.54, 1.807) is 47.0 Å². The first-order chi connectivity index (χ1) is 11.5. The molecule has 3 aromatic rings. The van der Waals surface area contributed by atoms with E-state index >= 15 is 0 Å². The molecule has 0 atom stereocenters. The van der Waals surface area contributed by atoms with E-state index in [1.807, 2.05) is 0 Å². The molecule has 0 fully saturated rings. The molecule has 0 aliphatic carbocycles. The van der Waals surface area contributed by atoms with Crippen molar-refractivity contribution < 1.29 is 13.2 Å². The molecule has 0 saturated carbocycles. The quantitative estimate of drug-likeness (QED) is 0.753. The Morgan fingerprint density at radius 1 is 1.12 bits per heavy atom. The number of nitrogens with one attached hydrogen (secondary N) is 1. The minimum Gasteiger partial charge on any atom is -0.350 e. The molecule has 2 heterocycles. The molecular formula is C16H14ClN3O3S. The fourth-order valence-electron chi connectivity index (χ4n) is 2.30. The number of carbonyl (C=O) groups is 1. The molecule has 0 spiro atoms. The van der Waals surface area contributed by atoms with Gasteiger partial charge in [0.15, 0.2) is 20.7 Å². The molecule has 0 saturated heterocycles. The summed E-state index contributed by atoms with van der Waals surface area (Å²) >= 11 is 6.02. The van der Waals surface area contributed by atoms with Crippen LogP contribution in [-0.4, -0.2) is 36.0 Å². The van der Waals surface area contributed by atoms with E-state index in [9.17, 15) is 13.2 Å². The molecule has 0 aliphatic heterocycles. The van der Waals surface area contributed by atoms with Crippen LogP contribution in [0.4, 0.5) is 0 Å². The summed E-state index contributed by atoms with van der Waals surface area (Å²) in [4.78, 5) is 16.6. The van der Waals surface area contributed by atoms with Gasteiger partial charge < -0.3 is 5.32 Å². The van der Waals surface area contributed by atoms with Crippen molar-refractivity contribution >= 4 is 33.0 Å². The number of benzene rings is 1. The number of amides is 1. The van der Waals surface area contributed by atoms with E-state index in [2.05, 4.69) is 10.3 Å². The normalized spacial score (nSPS) is 11.5. The van der Waals surface area contributed by atoms with Crippen molar-refractivity contribution in [2.24, 2.45) is 0 Å². The molecular weight excluding hydrogens is 350 g/mol. The van der Waals surface area contributed by atoms with Gasteiger partial charge in [0.25, 0.3) is 5.91 Å². The summed E-state index contributed by atoms with van der Waals surface area (Å²) in [6.07, 6.45) is 1.67. The van der Waals surface area contributed by atoms with E-state index in [-0.39, 0.29) is 28.0 Å². The fraction of sp³-hybridized carbons (Fsp3) is 0.125. The number of carbonyl (C=O) groups excluding carboxylic acids is 1. The Bertz CT molecular complexity index is 984. The highest BCUT2D eigenvalue weighted by Gasteiger charge is 2.19. The summed E-state index contributed by atoms with van der Waals surface area (Å²) < 4.78 is 25.9. The molecule has 0 bridgehead atoms. The Morgan fingerprint density at radius 3 is 2.58 bits per heavy atom.